The number of ether oxygens (including phenoxy) is 2. The van der Waals surface area contributed by atoms with Crippen molar-refractivity contribution in [3.05, 3.63) is 67.3 Å². The molecule has 0 unspecified atom stereocenters. The normalized spacial score (nSPS) is 19.2. The topological polar surface area (TPSA) is 184 Å². The van der Waals surface area contributed by atoms with Crippen LogP contribution in [0.3, 0.4) is 0 Å². The first kappa shape index (κ1) is 25.8. The summed E-state index contributed by atoms with van der Waals surface area (Å²) in [5.41, 5.74) is -1.80. The molecule has 3 N–H and O–H groups in total. The van der Waals surface area contributed by atoms with E-state index in [-0.39, 0.29) is 19.5 Å². The van der Waals surface area contributed by atoms with Gasteiger partial charge in [0.25, 0.3) is 11.5 Å². The van der Waals surface area contributed by atoms with Gasteiger partial charge in [0.15, 0.2) is 0 Å². The fraction of sp³-hybridized carbons (Fsp3) is 0.391. The van der Waals surface area contributed by atoms with Gasteiger partial charge in [-0.05, 0) is 12.1 Å². The van der Waals surface area contributed by atoms with Gasteiger partial charge in [0.1, 0.15) is 24.0 Å². The summed E-state index contributed by atoms with van der Waals surface area (Å²) in [6.45, 7) is 1.94. The summed E-state index contributed by atoms with van der Waals surface area (Å²) in [6, 6.07) is 6.71. The first-order valence-corrected chi connectivity index (χ1v) is 11.4. The third-order valence-corrected chi connectivity index (χ3v) is 5.97. The van der Waals surface area contributed by atoms with Crippen molar-refractivity contribution in [3.63, 3.8) is 0 Å². The van der Waals surface area contributed by atoms with Gasteiger partial charge in [-0.1, -0.05) is 12.1 Å². The van der Waals surface area contributed by atoms with Gasteiger partial charge in [-0.15, -0.1) is 0 Å². The number of aliphatic hydroxyl groups is 1. The summed E-state index contributed by atoms with van der Waals surface area (Å²) in [5.74, 6) is -1.86. The molecular weight excluding hydrogens is 490 g/mol. The monoisotopic (exact) mass is 515 g/mol. The van der Waals surface area contributed by atoms with E-state index in [2.05, 4.69) is 10.3 Å². The molecule has 196 valence electrons. The molecule has 0 saturated carbocycles. The molecule has 0 bridgehead atoms. The van der Waals surface area contributed by atoms with Gasteiger partial charge >= 0.3 is 17.3 Å². The molecule has 1 aliphatic heterocycles. The minimum atomic E-state index is -1.01. The van der Waals surface area contributed by atoms with E-state index < -0.39 is 65.3 Å². The van der Waals surface area contributed by atoms with E-state index in [1.54, 1.807) is 24.3 Å². The number of nitrogens with zero attached hydrogens (tertiary/aromatic N) is 3. The molecule has 0 aliphatic carbocycles. The van der Waals surface area contributed by atoms with Crippen LogP contribution in [0, 0.1) is 0 Å². The van der Waals surface area contributed by atoms with Crippen LogP contribution >= 0.6 is 0 Å². The molecule has 1 amide bonds. The average Bonchev–Trinajstić information content (AvgIpc) is 3.36. The molecule has 2 aromatic heterocycles. The van der Waals surface area contributed by atoms with Crippen molar-refractivity contribution < 1.29 is 29.0 Å². The lowest BCUT2D eigenvalue weighted by atomic mass is 10.2. The van der Waals surface area contributed by atoms with Crippen molar-refractivity contribution in [2.24, 2.45) is 0 Å². The Morgan fingerprint density at radius 1 is 1.16 bits per heavy atom. The first-order chi connectivity index (χ1) is 17.6. The van der Waals surface area contributed by atoms with E-state index in [1.807, 2.05) is 0 Å². The zero-order chi connectivity index (χ0) is 26.9. The number of hydrogen-bond acceptors (Lipinski definition) is 9. The van der Waals surface area contributed by atoms with Gasteiger partial charge in [-0.2, -0.15) is 0 Å². The summed E-state index contributed by atoms with van der Waals surface area (Å²) < 4.78 is 14.1. The number of carbonyl (C=O) groups excluding carboxylic acids is 3. The summed E-state index contributed by atoms with van der Waals surface area (Å²) >= 11 is 0. The lowest BCUT2D eigenvalue weighted by Crippen LogP contribution is -2.39. The minimum Gasteiger partial charge on any atom is -0.460 e. The summed E-state index contributed by atoms with van der Waals surface area (Å²) in [5, 5.41) is 12.0. The standard InChI is InChI=1S/C23H25N5O9/c1-12(30)28-16-6-4-3-5-15(16)26(23(28)35)8-7-24-20(32)14-10-27(22(34)25-21(14)33)19-9-17(36-13(2)31)18(11-29)37-19/h3-6,10,17-19,29H,7-9,11H2,1-2H3,(H,24,32)(H,25,33,34)/t17-,18+,19+/m0/s1. The maximum atomic E-state index is 12.8. The van der Waals surface area contributed by atoms with Crippen molar-refractivity contribution >= 4 is 28.8 Å². The Morgan fingerprint density at radius 2 is 1.86 bits per heavy atom. The van der Waals surface area contributed by atoms with Crippen LogP contribution in [0.2, 0.25) is 0 Å². The number of aliphatic hydroxyl groups excluding tert-OH is 1. The predicted octanol–water partition coefficient (Wildman–Crippen LogP) is -1.05. The largest absolute Gasteiger partial charge is 0.460 e. The summed E-state index contributed by atoms with van der Waals surface area (Å²) in [4.78, 5) is 75.6. The van der Waals surface area contributed by atoms with Crippen LogP contribution in [0.1, 0.15) is 41.6 Å². The molecule has 14 heteroatoms. The molecular formula is C23H25N5O9. The van der Waals surface area contributed by atoms with Gasteiger partial charge in [0.2, 0.25) is 5.91 Å². The second-order valence-electron chi connectivity index (χ2n) is 8.44. The van der Waals surface area contributed by atoms with E-state index in [1.165, 1.54) is 18.4 Å². The number of aromatic nitrogens is 4. The van der Waals surface area contributed by atoms with Crippen molar-refractivity contribution in [1.82, 2.24) is 24.0 Å². The van der Waals surface area contributed by atoms with Crippen LogP contribution < -0.4 is 22.3 Å². The fourth-order valence-electron chi connectivity index (χ4n) is 4.34. The van der Waals surface area contributed by atoms with Gasteiger partial charge in [0.05, 0.1) is 17.6 Å². The zero-order valence-electron chi connectivity index (χ0n) is 20.0. The first-order valence-electron chi connectivity index (χ1n) is 11.4. The number of para-hydroxylation sites is 2. The number of benzene rings is 1. The highest BCUT2D eigenvalue weighted by molar-refractivity contribution is 5.93. The average molecular weight is 515 g/mol. The Bertz CT molecular complexity index is 1550. The molecule has 4 rings (SSSR count). The molecule has 1 aromatic carbocycles. The highest BCUT2D eigenvalue weighted by atomic mass is 16.6. The summed E-state index contributed by atoms with van der Waals surface area (Å²) in [7, 11) is 0. The Balaban J connectivity index is 1.52. The third-order valence-electron chi connectivity index (χ3n) is 5.97. The molecule has 3 atom stereocenters. The van der Waals surface area contributed by atoms with Crippen LogP contribution in [0.4, 0.5) is 0 Å². The van der Waals surface area contributed by atoms with E-state index in [9.17, 15) is 33.9 Å². The highest BCUT2D eigenvalue weighted by Gasteiger charge is 2.38. The molecule has 3 aromatic rings. The van der Waals surface area contributed by atoms with Crippen molar-refractivity contribution in [2.75, 3.05) is 13.2 Å². The molecule has 14 nitrogen and oxygen atoms in total. The maximum Gasteiger partial charge on any atom is 0.336 e. The van der Waals surface area contributed by atoms with Crippen LogP contribution in [0.15, 0.2) is 44.8 Å². The Morgan fingerprint density at radius 3 is 2.51 bits per heavy atom. The third kappa shape index (κ3) is 5.01. The number of fused-ring (bicyclic) bond motifs is 1. The highest BCUT2D eigenvalue weighted by Crippen LogP contribution is 2.29. The second kappa shape index (κ2) is 10.4. The smallest absolute Gasteiger partial charge is 0.336 e. The zero-order valence-corrected chi connectivity index (χ0v) is 20.0. The van der Waals surface area contributed by atoms with Gasteiger partial charge < -0.3 is 19.9 Å². The molecule has 1 fully saturated rings. The molecule has 37 heavy (non-hydrogen) atoms. The SMILES string of the molecule is CC(=O)O[C@H]1C[C@H](n2cc(C(=O)NCCn3c(=O)n(C(C)=O)c4ccccc43)c(=O)[nH]c2=O)O[C@@H]1CO. The maximum absolute atomic E-state index is 12.8. The lowest BCUT2D eigenvalue weighted by Gasteiger charge is -2.15. The number of esters is 1. The van der Waals surface area contributed by atoms with Crippen LogP contribution in [-0.2, 0) is 20.8 Å². The Labute approximate surface area is 208 Å². The van der Waals surface area contributed by atoms with Gasteiger partial charge in [-0.25, -0.2) is 14.2 Å². The number of nitrogens with one attached hydrogen (secondary N) is 2. The van der Waals surface area contributed by atoms with Crippen molar-refractivity contribution in [1.29, 1.82) is 0 Å². The van der Waals surface area contributed by atoms with E-state index in [0.29, 0.717) is 11.0 Å². The molecule has 3 heterocycles. The van der Waals surface area contributed by atoms with Crippen LogP contribution in [0.25, 0.3) is 11.0 Å². The molecule has 0 radical (unpaired) electrons. The number of H-pyrrole nitrogens is 1. The number of hydrogen-bond donors (Lipinski definition) is 3. The predicted molar refractivity (Wildman–Crippen MR) is 127 cm³/mol. The number of aromatic amines is 1. The fourth-order valence-corrected chi connectivity index (χ4v) is 4.34. The van der Waals surface area contributed by atoms with Crippen LogP contribution in [-0.4, -0.2) is 66.9 Å². The molecule has 1 saturated heterocycles. The second-order valence-corrected chi connectivity index (χ2v) is 8.44. The Hall–Kier alpha value is -4.30. The van der Waals surface area contributed by atoms with Crippen LogP contribution in [0.5, 0.6) is 0 Å². The van der Waals surface area contributed by atoms with E-state index in [4.69, 9.17) is 9.47 Å². The van der Waals surface area contributed by atoms with E-state index in [0.717, 1.165) is 15.3 Å². The molecule has 1 aliphatic rings. The number of imidazole rings is 1. The summed E-state index contributed by atoms with van der Waals surface area (Å²) in [6.07, 6.45) is -1.67. The lowest BCUT2D eigenvalue weighted by molar-refractivity contribution is -0.150. The number of amides is 1. The van der Waals surface area contributed by atoms with Crippen molar-refractivity contribution in [3.8, 4) is 0 Å². The van der Waals surface area contributed by atoms with Gasteiger partial charge in [-0.3, -0.25) is 33.3 Å². The molecule has 0 spiro atoms. The number of carbonyl (C=O) groups is 3. The Kier molecular flexibility index (Phi) is 7.22. The van der Waals surface area contributed by atoms with Gasteiger partial charge in [0, 0.05) is 39.6 Å². The van der Waals surface area contributed by atoms with E-state index >= 15 is 0 Å². The number of rotatable bonds is 7. The van der Waals surface area contributed by atoms with Crippen molar-refractivity contribution in [2.45, 2.75) is 45.2 Å². The minimum absolute atomic E-state index is 0.0108. The quantitative estimate of drug-likeness (QED) is 0.331.